The van der Waals surface area contributed by atoms with E-state index in [1.807, 2.05) is 17.5 Å². The van der Waals surface area contributed by atoms with Gasteiger partial charge in [-0.15, -0.1) is 11.3 Å². The highest BCUT2D eigenvalue weighted by Gasteiger charge is 2.17. The number of nitrogens with two attached hydrogens (primary N) is 1. The molecule has 14 heavy (non-hydrogen) atoms. The fraction of sp³-hybridized carbons (Fsp3) is 0.444. The van der Waals surface area contributed by atoms with E-state index < -0.39 is 12.1 Å². The van der Waals surface area contributed by atoms with Crippen LogP contribution in [0.15, 0.2) is 17.5 Å². The van der Waals surface area contributed by atoms with Gasteiger partial charge in [0.15, 0.2) is 6.10 Å². The van der Waals surface area contributed by atoms with Gasteiger partial charge in [-0.25, -0.2) is 4.79 Å². The van der Waals surface area contributed by atoms with E-state index in [1.54, 1.807) is 11.3 Å². The molecule has 5 heteroatoms. The number of carbonyl (C=O) groups excluding carboxylic acids is 1. The number of esters is 1. The van der Waals surface area contributed by atoms with Gasteiger partial charge in [-0.05, 0) is 11.4 Å². The molecule has 1 unspecified atom stereocenters. The van der Waals surface area contributed by atoms with Gasteiger partial charge >= 0.3 is 5.97 Å². The Labute approximate surface area is 86.6 Å². The first-order valence-corrected chi connectivity index (χ1v) is 5.07. The summed E-state index contributed by atoms with van der Waals surface area (Å²) >= 11 is 1.54. The molecule has 1 aromatic rings. The lowest BCUT2D eigenvalue weighted by Gasteiger charge is -2.11. The summed E-state index contributed by atoms with van der Waals surface area (Å²) in [5, 5.41) is 1.93. The topological polar surface area (TPSA) is 61.5 Å². The molecule has 0 amide bonds. The Balaban J connectivity index is 2.34. The summed E-state index contributed by atoms with van der Waals surface area (Å²) in [6.45, 7) is 0.427. The van der Waals surface area contributed by atoms with Crippen molar-refractivity contribution >= 4 is 17.3 Å². The molecule has 0 saturated heterocycles. The Morgan fingerprint density at radius 3 is 3.00 bits per heavy atom. The zero-order valence-corrected chi connectivity index (χ0v) is 8.75. The highest BCUT2D eigenvalue weighted by Crippen LogP contribution is 2.10. The predicted octanol–water partition coefficient (Wildman–Crippen LogP) is 0.765. The van der Waals surface area contributed by atoms with Crippen molar-refractivity contribution in [2.45, 2.75) is 12.7 Å². The summed E-state index contributed by atoms with van der Waals surface area (Å²) in [7, 11) is 1.43. The second-order valence-electron chi connectivity index (χ2n) is 2.65. The van der Waals surface area contributed by atoms with Crippen molar-refractivity contribution in [3.63, 3.8) is 0 Å². The number of hydrogen-bond acceptors (Lipinski definition) is 5. The van der Waals surface area contributed by atoms with Gasteiger partial charge in [0.05, 0.1) is 0 Å². The molecule has 0 radical (unpaired) electrons. The van der Waals surface area contributed by atoms with Gasteiger partial charge in [0.1, 0.15) is 6.61 Å². The van der Waals surface area contributed by atoms with Gasteiger partial charge in [-0.3, -0.25) is 0 Å². The summed E-state index contributed by atoms with van der Waals surface area (Å²) in [4.78, 5) is 12.3. The van der Waals surface area contributed by atoms with Crippen LogP contribution in [0.2, 0.25) is 0 Å². The Morgan fingerprint density at radius 1 is 1.71 bits per heavy atom. The van der Waals surface area contributed by atoms with E-state index in [1.165, 1.54) is 7.11 Å². The van der Waals surface area contributed by atoms with E-state index in [0.29, 0.717) is 0 Å². The Bertz CT molecular complexity index is 270. The zero-order valence-electron chi connectivity index (χ0n) is 7.93. The van der Waals surface area contributed by atoms with Gasteiger partial charge in [0.2, 0.25) is 0 Å². The van der Waals surface area contributed by atoms with Crippen molar-refractivity contribution in [2.75, 3.05) is 13.7 Å². The maximum atomic E-state index is 11.3. The summed E-state index contributed by atoms with van der Waals surface area (Å²) in [6, 6.07) is 3.81. The fourth-order valence-corrected chi connectivity index (χ4v) is 1.53. The van der Waals surface area contributed by atoms with Crippen molar-refractivity contribution in [1.82, 2.24) is 0 Å². The zero-order chi connectivity index (χ0) is 10.4. The van der Waals surface area contributed by atoms with E-state index >= 15 is 0 Å². The molecule has 0 spiro atoms. The van der Waals surface area contributed by atoms with Crippen LogP contribution < -0.4 is 5.73 Å². The fourth-order valence-electron chi connectivity index (χ4n) is 0.919. The third-order valence-electron chi connectivity index (χ3n) is 1.70. The van der Waals surface area contributed by atoms with Crippen LogP contribution in [0.3, 0.4) is 0 Å². The smallest absolute Gasteiger partial charge is 0.336 e. The predicted molar refractivity (Wildman–Crippen MR) is 54.0 cm³/mol. The maximum Gasteiger partial charge on any atom is 0.336 e. The van der Waals surface area contributed by atoms with Crippen LogP contribution in [0.25, 0.3) is 0 Å². The quantitative estimate of drug-likeness (QED) is 0.737. The van der Waals surface area contributed by atoms with Gasteiger partial charge in [0.25, 0.3) is 0 Å². The van der Waals surface area contributed by atoms with Crippen LogP contribution in [0.4, 0.5) is 0 Å². The molecule has 78 valence electrons. The van der Waals surface area contributed by atoms with Gasteiger partial charge in [-0.2, -0.15) is 0 Å². The van der Waals surface area contributed by atoms with Crippen molar-refractivity contribution in [3.8, 4) is 0 Å². The monoisotopic (exact) mass is 215 g/mol. The molecule has 0 bridgehead atoms. The minimum absolute atomic E-state index is 0.139. The molecule has 0 aliphatic heterocycles. The van der Waals surface area contributed by atoms with Crippen molar-refractivity contribution < 1.29 is 14.3 Å². The molecule has 0 aromatic carbocycles. The second kappa shape index (κ2) is 5.74. The Hall–Kier alpha value is -0.910. The van der Waals surface area contributed by atoms with Gasteiger partial charge < -0.3 is 15.2 Å². The molecule has 1 atom stereocenters. The lowest BCUT2D eigenvalue weighted by Crippen LogP contribution is -2.32. The van der Waals surface area contributed by atoms with E-state index in [-0.39, 0.29) is 13.2 Å². The maximum absolute atomic E-state index is 11.3. The third kappa shape index (κ3) is 3.10. The highest BCUT2D eigenvalue weighted by atomic mass is 32.1. The molecular formula is C9H13NO3S. The molecule has 4 nitrogen and oxygen atoms in total. The van der Waals surface area contributed by atoms with Crippen LogP contribution >= 0.6 is 11.3 Å². The van der Waals surface area contributed by atoms with E-state index in [4.69, 9.17) is 15.2 Å². The first-order chi connectivity index (χ1) is 6.77. The summed E-state index contributed by atoms with van der Waals surface area (Å²) < 4.78 is 9.83. The summed E-state index contributed by atoms with van der Waals surface area (Å²) in [5.41, 5.74) is 5.31. The Kier molecular flexibility index (Phi) is 4.58. The lowest BCUT2D eigenvalue weighted by molar-refractivity contribution is -0.155. The van der Waals surface area contributed by atoms with E-state index in [9.17, 15) is 4.79 Å². The van der Waals surface area contributed by atoms with Crippen LogP contribution in [0.1, 0.15) is 4.88 Å². The SMILES string of the molecule is COC(CN)C(=O)OCc1cccs1. The van der Waals surface area contributed by atoms with Crippen LogP contribution in [-0.2, 0) is 20.9 Å². The molecule has 1 heterocycles. The number of carbonyl (C=O) groups is 1. The largest absolute Gasteiger partial charge is 0.458 e. The minimum Gasteiger partial charge on any atom is -0.458 e. The minimum atomic E-state index is -0.657. The van der Waals surface area contributed by atoms with Crippen molar-refractivity contribution in [2.24, 2.45) is 5.73 Å². The number of thiophene rings is 1. The van der Waals surface area contributed by atoms with E-state index in [2.05, 4.69) is 0 Å². The van der Waals surface area contributed by atoms with Gasteiger partial charge in [0, 0.05) is 18.5 Å². The number of rotatable bonds is 5. The number of hydrogen-bond donors (Lipinski definition) is 1. The summed E-state index contributed by atoms with van der Waals surface area (Å²) in [6.07, 6.45) is -0.657. The first kappa shape index (κ1) is 11.2. The molecule has 0 fully saturated rings. The molecular weight excluding hydrogens is 202 g/mol. The number of methoxy groups -OCH3 is 1. The Morgan fingerprint density at radius 2 is 2.50 bits per heavy atom. The molecule has 1 aromatic heterocycles. The lowest BCUT2D eigenvalue weighted by atomic mass is 10.3. The highest BCUT2D eigenvalue weighted by molar-refractivity contribution is 7.09. The van der Waals surface area contributed by atoms with Crippen molar-refractivity contribution in [3.05, 3.63) is 22.4 Å². The molecule has 2 N–H and O–H groups in total. The van der Waals surface area contributed by atoms with Crippen LogP contribution in [0.5, 0.6) is 0 Å². The normalized spacial score (nSPS) is 12.4. The van der Waals surface area contributed by atoms with Crippen LogP contribution in [-0.4, -0.2) is 25.7 Å². The van der Waals surface area contributed by atoms with Crippen molar-refractivity contribution in [1.29, 1.82) is 0 Å². The average Bonchev–Trinajstić information content (AvgIpc) is 2.69. The molecule has 0 aliphatic carbocycles. The summed E-state index contributed by atoms with van der Waals surface area (Å²) in [5.74, 6) is -0.414. The van der Waals surface area contributed by atoms with Crippen LogP contribution in [0, 0.1) is 0 Å². The number of ether oxygens (including phenoxy) is 2. The molecule has 1 rings (SSSR count). The molecule has 0 saturated carbocycles. The van der Waals surface area contributed by atoms with E-state index in [0.717, 1.165) is 4.88 Å². The average molecular weight is 215 g/mol. The second-order valence-corrected chi connectivity index (χ2v) is 3.68. The standard InChI is InChI=1S/C9H13NO3S/c1-12-8(5-10)9(11)13-6-7-3-2-4-14-7/h2-4,8H,5-6,10H2,1H3. The first-order valence-electron chi connectivity index (χ1n) is 4.19. The molecule has 0 aliphatic rings. The van der Waals surface area contributed by atoms with Gasteiger partial charge in [-0.1, -0.05) is 6.07 Å². The third-order valence-corrected chi connectivity index (χ3v) is 2.55.